The zero-order chi connectivity index (χ0) is 21.0. The molecule has 1 atom stereocenters. The third kappa shape index (κ3) is 5.88. The highest BCUT2D eigenvalue weighted by Gasteiger charge is 2.27. The van der Waals surface area contributed by atoms with Gasteiger partial charge in [0.25, 0.3) is 0 Å². The number of Topliss-reactive ketones (excluding diaryl/α,β-unsaturated/α-hetero) is 1. The molecule has 0 aliphatic carbocycles. The average molecular weight is 417 g/mol. The molecule has 1 fully saturated rings. The van der Waals surface area contributed by atoms with Crippen LogP contribution in [-0.4, -0.2) is 44.3 Å². The van der Waals surface area contributed by atoms with Gasteiger partial charge in [-0.3, -0.25) is 9.69 Å². The van der Waals surface area contributed by atoms with Crippen LogP contribution < -0.4 is 9.46 Å². The lowest BCUT2D eigenvalue weighted by molar-refractivity contribution is 0.101. The van der Waals surface area contributed by atoms with Gasteiger partial charge in [0.05, 0.1) is 11.0 Å². The summed E-state index contributed by atoms with van der Waals surface area (Å²) in [5.41, 5.74) is 1.67. The Kier molecular flexibility index (Phi) is 6.72. The molecule has 6 nitrogen and oxygen atoms in total. The molecule has 0 radical (unpaired) electrons. The van der Waals surface area contributed by atoms with Gasteiger partial charge in [0, 0.05) is 31.2 Å². The predicted octanol–water partition coefficient (Wildman–Crippen LogP) is 3.23. The standard InChI is InChI=1S/C22H28N2O4S/c1-16(2)28-21-8-4-18(5-9-21)14-24-13-12-20(15-24)23-29(26,27)22-10-6-19(7-11-22)17(3)25/h4-11,16,20,23H,12-15H2,1-3H3. The zero-order valence-corrected chi connectivity index (χ0v) is 17.9. The Morgan fingerprint density at radius 2 is 1.79 bits per heavy atom. The van der Waals surface area contributed by atoms with Crippen molar-refractivity contribution >= 4 is 15.8 Å². The van der Waals surface area contributed by atoms with Gasteiger partial charge >= 0.3 is 0 Å². The lowest BCUT2D eigenvalue weighted by atomic mass is 10.2. The zero-order valence-electron chi connectivity index (χ0n) is 17.1. The molecule has 7 heteroatoms. The number of rotatable bonds is 8. The van der Waals surface area contributed by atoms with Crippen molar-refractivity contribution in [3.8, 4) is 5.75 Å². The number of likely N-dealkylation sites (tertiary alicyclic amines) is 1. The second-order valence-electron chi connectivity index (χ2n) is 7.73. The van der Waals surface area contributed by atoms with Gasteiger partial charge in [0.2, 0.25) is 10.0 Å². The Hall–Kier alpha value is -2.22. The van der Waals surface area contributed by atoms with E-state index in [4.69, 9.17) is 4.74 Å². The Morgan fingerprint density at radius 1 is 1.14 bits per heavy atom. The number of ketones is 1. The lowest BCUT2D eigenvalue weighted by Crippen LogP contribution is -2.36. The van der Waals surface area contributed by atoms with Gasteiger partial charge < -0.3 is 4.74 Å². The molecule has 1 aliphatic heterocycles. The van der Waals surface area contributed by atoms with Crippen LogP contribution >= 0.6 is 0 Å². The molecule has 0 amide bonds. The van der Waals surface area contributed by atoms with Crippen molar-refractivity contribution in [3.63, 3.8) is 0 Å². The van der Waals surface area contributed by atoms with Crippen LogP contribution in [0, 0.1) is 0 Å². The van der Waals surface area contributed by atoms with E-state index in [0.29, 0.717) is 12.1 Å². The summed E-state index contributed by atoms with van der Waals surface area (Å²) in [6, 6.07) is 14.0. The molecule has 1 saturated heterocycles. The van der Waals surface area contributed by atoms with E-state index in [0.717, 1.165) is 25.3 Å². The van der Waals surface area contributed by atoms with Gasteiger partial charge in [-0.25, -0.2) is 13.1 Å². The van der Waals surface area contributed by atoms with E-state index in [1.807, 2.05) is 38.1 Å². The van der Waals surface area contributed by atoms with Crippen LogP contribution in [0.5, 0.6) is 5.75 Å². The maximum atomic E-state index is 12.6. The number of nitrogens with zero attached hydrogens (tertiary/aromatic N) is 1. The fraction of sp³-hybridized carbons (Fsp3) is 0.409. The van der Waals surface area contributed by atoms with Gasteiger partial charge in [-0.05, 0) is 57.0 Å². The second-order valence-corrected chi connectivity index (χ2v) is 9.45. The van der Waals surface area contributed by atoms with Crippen molar-refractivity contribution in [3.05, 3.63) is 59.7 Å². The maximum absolute atomic E-state index is 12.6. The van der Waals surface area contributed by atoms with Crippen LogP contribution in [0.2, 0.25) is 0 Å². The van der Waals surface area contributed by atoms with Gasteiger partial charge in [-0.2, -0.15) is 0 Å². The first-order valence-corrected chi connectivity index (χ1v) is 11.3. The molecular formula is C22H28N2O4S. The Balaban J connectivity index is 1.55. The Morgan fingerprint density at radius 3 is 2.38 bits per heavy atom. The third-order valence-corrected chi connectivity index (χ3v) is 6.40. The number of carbonyl (C=O) groups excluding carboxylic acids is 1. The van der Waals surface area contributed by atoms with E-state index < -0.39 is 10.0 Å². The fourth-order valence-corrected chi connectivity index (χ4v) is 4.69. The van der Waals surface area contributed by atoms with E-state index in [-0.39, 0.29) is 22.8 Å². The first-order chi connectivity index (χ1) is 13.7. The molecule has 2 aromatic rings. The van der Waals surface area contributed by atoms with E-state index in [1.54, 1.807) is 12.1 Å². The van der Waals surface area contributed by atoms with Gasteiger partial charge in [-0.15, -0.1) is 0 Å². The van der Waals surface area contributed by atoms with E-state index in [1.165, 1.54) is 24.6 Å². The number of hydrogen-bond donors (Lipinski definition) is 1. The summed E-state index contributed by atoms with van der Waals surface area (Å²) in [6.07, 6.45) is 0.908. The van der Waals surface area contributed by atoms with Crippen molar-refractivity contribution in [1.82, 2.24) is 9.62 Å². The molecule has 0 aromatic heterocycles. The minimum atomic E-state index is -3.60. The maximum Gasteiger partial charge on any atom is 0.240 e. The highest BCUT2D eigenvalue weighted by molar-refractivity contribution is 7.89. The molecule has 1 aliphatic rings. The highest BCUT2D eigenvalue weighted by atomic mass is 32.2. The van der Waals surface area contributed by atoms with Crippen LogP contribution in [0.1, 0.15) is 43.1 Å². The molecule has 0 saturated carbocycles. The van der Waals surface area contributed by atoms with Crippen LogP contribution in [0.15, 0.2) is 53.4 Å². The molecule has 1 heterocycles. The normalized spacial score (nSPS) is 17.6. The molecule has 2 aromatic carbocycles. The van der Waals surface area contributed by atoms with Crippen LogP contribution in [0.25, 0.3) is 0 Å². The van der Waals surface area contributed by atoms with Crippen molar-refractivity contribution < 1.29 is 17.9 Å². The summed E-state index contributed by atoms with van der Waals surface area (Å²) in [4.78, 5) is 13.8. The molecular weight excluding hydrogens is 388 g/mol. The lowest BCUT2D eigenvalue weighted by Gasteiger charge is -2.17. The van der Waals surface area contributed by atoms with Crippen molar-refractivity contribution in [1.29, 1.82) is 0 Å². The smallest absolute Gasteiger partial charge is 0.240 e. The minimum Gasteiger partial charge on any atom is -0.491 e. The summed E-state index contributed by atoms with van der Waals surface area (Å²) < 4.78 is 33.7. The van der Waals surface area contributed by atoms with E-state index in [2.05, 4.69) is 9.62 Å². The number of nitrogens with one attached hydrogen (secondary N) is 1. The van der Waals surface area contributed by atoms with Crippen molar-refractivity contribution in [2.45, 2.75) is 50.8 Å². The third-order valence-electron chi connectivity index (χ3n) is 4.87. The average Bonchev–Trinajstić information content (AvgIpc) is 3.09. The topological polar surface area (TPSA) is 75.7 Å². The Labute approximate surface area is 172 Å². The first-order valence-electron chi connectivity index (χ1n) is 9.84. The molecule has 0 spiro atoms. The summed E-state index contributed by atoms with van der Waals surface area (Å²) in [6.45, 7) is 7.72. The molecule has 1 N–H and O–H groups in total. The summed E-state index contributed by atoms with van der Waals surface area (Å²) in [7, 11) is -3.60. The number of ether oxygens (including phenoxy) is 1. The van der Waals surface area contributed by atoms with Crippen LogP contribution in [0.4, 0.5) is 0 Å². The van der Waals surface area contributed by atoms with Gasteiger partial charge in [0.15, 0.2) is 5.78 Å². The van der Waals surface area contributed by atoms with E-state index in [9.17, 15) is 13.2 Å². The summed E-state index contributed by atoms with van der Waals surface area (Å²) in [5.74, 6) is 0.767. The van der Waals surface area contributed by atoms with Gasteiger partial charge in [-0.1, -0.05) is 24.3 Å². The number of benzene rings is 2. The van der Waals surface area contributed by atoms with Crippen LogP contribution in [0.3, 0.4) is 0 Å². The Bertz CT molecular complexity index is 938. The fourth-order valence-electron chi connectivity index (χ4n) is 3.43. The van der Waals surface area contributed by atoms with Crippen molar-refractivity contribution in [2.75, 3.05) is 13.1 Å². The molecule has 1 unspecified atom stereocenters. The largest absolute Gasteiger partial charge is 0.491 e. The van der Waals surface area contributed by atoms with Crippen LogP contribution in [-0.2, 0) is 16.6 Å². The molecule has 29 heavy (non-hydrogen) atoms. The molecule has 156 valence electrons. The molecule has 3 rings (SSSR count). The number of hydrogen-bond acceptors (Lipinski definition) is 5. The van der Waals surface area contributed by atoms with E-state index >= 15 is 0 Å². The SMILES string of the molecule is CC(=O)c1ccc(S(=O)(=O)NC2CCN(Cc3ccc(OC(C)C)cc3)C2)cc1. The predicted molar refractivity (Wildman–Crippen MR) is 113 cm³/mol. The minimum absolute atomic E-state index is 0.0860. The number of sulfonamides is 1. The summed E-state index contributed by atoms with van der Waals surface area (Å²) in [5, 5.41) is 0. The van der Waals surface area contributed by atoms with Crippen molar-refractivity contribution in [2.24, 2.45) is 0 Å². The molecule has 0 bridgehead atoms. The monoisotopic (exact) mass is 416 g/mol. The number of carbonyl (C=O) groups is 1. The first kappa shape index (κ1) is 21.5. The highest BCUT2D eigenvalue weighted by Crippen LogP contribution is 2.19. The quantitative estimate of drug-likeness (QED) is 0.669. The summed E-state index contributed by atoms with van der Waals surface area (Å²) >= 11 is 0. The second kappa shape index (κ2) is 9.07. The van der Waals surface area contributed by atoms with Gasteiger partial charge in [0.1, 0.15) is 5.75 Å².